The smallest absolute Gasteiger partial charge is 0.136 e. The molecule has 0 aliphatic carbocycles. The summed E-state index contributed by atoms with van der Waals surface area (Å²) in [6, 6.07) is 30.4. The van der Waals surface area contributed by atoms with Crippen molar-refractivity contribution in [3.8, 4) is 11.5 Å². The first-order valence-electron chi connectivity index (χ1n) is 15.4. The molecule has 0 spiro atoms. The van der Waals surface area contributed by atoms with Crippen LogP contribution in [-0.2, 0) is 43.5 Å². The predicted molar refractivity (Wildman–Crippen MR) is 180 cm³/mol. The zero-order valence-corrected chi connectivity index (χ0v) is 27.3. The number of ether oxygens (including phenoxy) is 5. The SMILES string of the molecule is C=CC[C@@H]1O[C@H](COCc2ccccc2)[C@@H](OCc2ccccc2)[C@H](OCc2ccccc2)[C@H]1OC(C#C[Si](C)(C)C)C=C. The molecule has 0 bridgehead atoms. The van der Waals surface area contributed by atoms with E-state index >= 15 is 0 Å². The van der Waals surface area contributed by atoms with Crippen molar-refractivity contribution >= 4 is 8.07 Å². The van der Waals surface area contributed by atoms with Gasteiger partial charge in [0.25, 0.3) is 0 Å². The summed E-state index contributed by atoms with van der Waals surface area (Å²) in [6.45, 7) is 16.3. The Hall–Kier alpha value is -3.28. The Morgan fingerprint density at radius 1 is 0.727 bits per heavy atom. The van der Waals surface area contributed by atoms with Crippen LogP contribution in [0.5, 0.6) is 0 Å². The van der Waals surface area contributed by atoms with Crippen LogP contribution < -0.4 is 0 Å². The lowest BCUT2D eigenvalue weighted by atomic mass is 9.92. The van der Waals surface area contributed by atoms with Gasteiger partial charge in [0.1, 0.15) is 38.6 Å². The van der Waals surface area contributed by atoms with Crippen molar-refractivity contribution in [2.45, 2.75) is 82.5 Å². The van der Waals surface area contributed by atoms with E-state index in [4.69, 9.17) is 23.7 Å². The first kappa shape index (κ1) is 33.6. The van der Waals surface area contributed by atoms with Crippen LogP contribution >= 0.6 is 0 Å². The molecule has 4 rings (SSSR count). The largest absolute Gasteiger partial charge is 0.374 e. The maximum Gasteiger partial charge on any atom is 0.136 e. The molecule has 0 amide bonds. The van der Waals surface area contributed by atoms with Gasteiger partial charge in [-0.25, -0.2) is 0 Å². The normalized spacial score (nSPS) is 22.4. The fourth-order valence-electron chi connectivity index (χ4n) is 5.04. The molecule has 0 N–H and O–H groups in total. The minimum absolute atomic E-state index is 0.334. The third-order valence-electron chi connectivity index (χ3n) is 7.20. The highest BCUT2D eigenvalue weighted by atomic mass is 28.3. The molecule has 1 aliphatic rings. The molecular weight excluding hydrogens is 564 g/mol. The minimum Gasteiger partial charge on any atom is -0.374 e. The predicted octanol–water partition coefficient (Wildman–Crippen LogP) is 7.54. The molecule has 232 valence electrons. The third kappa shape index (κ3) is 10.7. The lowest BCUT2D eigenvalue weighted by Crippen LogP contribution is -2.61. The number of hydrogen-bond acceptors (Lipinski definition) is 5. The molecule has 0 saturated carbocycles. The molecule has 3 aromatic carbocycles. The Morgan fingerprint density at radius 2 is 1.25 bits per heavy atom. The van der Waals surface area contributed by atoms with Crippen molar-refractivity contribution in [2.75, 3.05) is 6.61 Å². The van der Waals surface area contributed by atoms with Gasteiger partial charge >= 0.3 is 0 Å². The van der Waals surface area contributed by atoms with Crippen molar-refractivity contribution in [1.82, 2.24) is 0 Å². The van der Waals surface area contributed by atoms with Gasteiger partial charge < -0.3 is 23.7 Å². The number of hydrogen-bond donors (Lipinski definition) is 0. The molecule has 5 nitrogen and oxygen atoms in total. The first-order chi connectivity index (χ1) is 21.4. The van der Waals surface area contributed by atoms with Gasteiger partial charge in [0.05, 0.1) is 32.5 Å². The minimum atomic E-state index is -1.64. The molecule has 1 heterocycles. The molecule has 1 saturated heterocycles. The van der Waals surface area contributed by atoms with Crippen LogP contribution in [0.15, 0.2) is 116 Å². The molecule has 1 aliphatic heterocycles. The third-order valence-corrected chi connectivity index (χ3v) is 8.09. The standard InChI is InChI=1S/C38H46O5Si/c1-6-17-34-37(42-33(7-2)24-25-44(3,4)5)38(41-28-32-22-15-10-16-23-32)36(40-27-31-20-13-9-14-21-31)35(43-34)29-39-26-30-18-11-8-12-19-30/h6-16,18-23,33-38H,1-2,17,26-29H2,3-5H3/t33?,34-,35+,36+,37-,38-/m0/s1. The van der Waals surface area contributed by atoms with Crippen molar-refractivity contribution in [2.24, 2.45) is 0 Å². The molecule has 1 unspecified atom stereocenters. The second-order valence-corrected chi connectivity index (χ2v) is 16.8. The van der Waals surface area contributed by atoms with Gasteiger partial charge in [-0.1, -0.05) is 135 Å². The summed E-state index contributed by atoms with van der Waals surface area (Å²) < 4.78 is 33.1. The fourth-order valence-corrected chi connectivity index (χ4v) is 5.62. The van der Waals surface area contributed by atoms with Crippen molar-refractivity contribution in [3.05, 3.63) is 133 Å². The molecule has 3 aromatic rings. The quantitative estimate of drug-likeness (QED) is 0.101. The van der Waals surface area contributed by atoms with E-state index in [9.17, 15) is 0 Å². The number of rotatable bonds is 15. The molecule has 44 heavy (non-hydrogen) atoms. The second kappa shape index (κ2) is 17.3. The van der Waals surface area contributed by atoms with Crippen molar-refractivity contribution in [1.29, 1.82) is 0 Å². The summed E-state index contributed by atoms with van der Waals surface area (Å²) in [7, 11) is -1.64. The highest BCUT2D eigenvalue weighted by molar-refractivity contribution is 6.83. The van der Waals surface area contributed by atoms with E-state index in [1.165, 1.54) is 0 Å². The molecule has 1 fully saturated rings. The average molecular weight is 611 g/mol. The van der Waals surface area contributed by atoms with Crippen LogP contribution in [0.3, 0.4) is 0 Å². The monoisotopic (exact) mass is 610 g/mol. The van der Waals surface area contributed by atoms with Gasteiger partial charge in [0.15, 0.2) is 0 Å². The molecule has 0 aromatic heterocycles. The summed E-state index contributed by atoms with van der Waals surface area (Å²) in [6.07, 6.45) is 1.53. The van der Waals surface area contributed by atoms with Crippen LogP contribution in [0.1, 0.15) is 23.1 Å². The van der Waals surface area contributed by atoms with Gasteiger partial charge in [-0.2, -0.15) is 0 Å². The topological polar surface area (TPSA) is 46.2 Å². The zero-order valence-electron chi connectivity index (χ0n) is 26.3. The van der Waals surface area contributed by atoms with Crippen LogP contribution in [0.4, 0.5) is 0 Å². The second-order valence-electron chi connectivity index (χ2n) is 12.0. The van der Waals surface area contributed by atoms with Crippen molar-refractivity contribution < 1.29 is 23.7 Å². The van der Waals surface area contributed by atoms with E-state index in [0.29, 0.717) is 32.8 Å². The Bertz CT molecular complexity index is 1330. The summed E-state index contributed by atoms with van der Waals surface area (Å²) in [4.78, 5) is 0. The van der Waals surface area contributed by atoms with E-state index in [-0.39, 0.29) is 6.10 Å². The van der Waals surface area contributed by atoms with Crippen LogP contribution in [0.25, 0.3) is 0 Å². The zero-order chi connectivity index (χ0) is 31.2. The van der Waals surface area contributed by atoms with Crippen molar-refractivity contribution in [3.63, 3.8) is 0 Å². The summed E-state index contributed by atoms with van der Waals surface area (Å²) in [5.74, 6) is 3.32. The Labute approximate surface area is 264 Å². The average Bonchev–Trinajstić information content (AvgIpc) is 3.03. The van der Waals surface area contributed by atoms with E-state index in [1.807, 2.05) is 60.7 Å². The fraction of sp³-hybridized carbons (Fsp3) is 0.368. The number of benzene rings is 3. The van der Waals surface area contributed by atoms with Crippen LogP contribution in [0.2, 0.25) is 19.6 Å². The maximum absolute atomic E-state index is 6.75. The summed E-state index contributed by atoms with van der Waals surface area (Å²) in [5.41, 5.74) is 6.66. The molecule has 0 radical (unpaired) electrons. The van der Waals surface area contributed by atoms with Gasteiger partial charge in [-0.15, -0.1) is 12.1 Å². The van der Waals surface area contributed by atoms with E-state index < -0.39 is 38.6 Å². The summed E-state index contributed by atoms with van der Waals surface area (Å²) in [5, 5.41) is 0. The van der Waals surface area contributed by atoms with E-state index in [1.54, 1.807) is 6.08 Å². The van der Waals surface area contributed by atoms with E-state index in [0.717, 1.165) is 16.7 Å². The van der Waals surface area contributed by atoms with Gasteiger partial charge in [-0.05, 0) is 23.1 Å². The Morgan fingerprint density at radius 3 is 1.75 bits per heavy atom. The first-order valence-corrected chi connectivity index (χ1v) is 18.9. The van der Waals surface area contributed by atoms with Gasteiger partial charge in [0.2, 0.25) is 0 Å². The summed E-state index contributed by atoms with van der Waals surface area (Å²) >= 11 is 0. The van der Waals surface area contributed by atoms with Gasteiger partial charge in [0, 0.05) is 0 Å². The van der Waals surface area contributed by atoms with Gasteiger partial charge in [-0.3, -0.25) is 0 Å². The van der Waals surface area contributed by atoms with E-state index in [2.05, 4.69) is 80.7 Å². The lowest BCUT2D eigenvalue weighted by Gasteiger charge is -2.46. The Balaban J connectivity index is 1.65. The molecule has 6 heteroatoms. The molecular formula is C38H46O5Si. The molecule has 6 atom stereocenters. The highest BCUT2D eigenvalue weighted by Gasteiger charge is 2.48. The van der Waals surface area contributed by atoms with Crippen LogP contribution in [0, 0.1) is 11.5 Å². The lowest BCUT2D eigenvalue weighted by molar-refractivity contribution is -0.271. The Kier molecular flexibility index (Phi) is 13.2. The highest BCUT2D eigenvalue weighted by Crippen LogP contribution is 2.32. The maximum atomic E-state index is 6.75. The van der Waals surface area contributed by atoms with Crippen LogP contribution in [-0.4, -0.2) is 51.3 Å².